The highest BCUT2D eigenvalue weighted by atomic mass is 19.1. The van der Waals surface area contributed by atoms with E-state index >= 15 is 0 Å². The number of likely N-dealkylation sites (N-methyl/N-ethyl adjacent to an activating group) is 1. The largest absolute Gasteiger partial charge is 0.453 e. The van der Waals surface area contributed by atoms with Gasteiger partial charge in [0.1, 0.15) is 17.2 Å². The average molecular weight is 458 g/mol. The Morgan fingerprint density at radius 1 is 1.12 bits per heavy atom. The van der Waals surface area contributed by atoms with E-state index in [4.69, 9.17) is 9.26 Å². The van der Waals surface area contributed by atoms with Gasteiger partial charge in [-0.1, -0.05) is 41.6 Å². The van der Waals surface area contributed by atoms with Gasteiger partial charge in [-0.2, -0.15) is 0 Å². The first-order valence-corrected chi connectivity index (χ1v) is 10.9. The Kier molecular flexibility index (Phi) is 7.45. The number of halogens is 1. The fourth-order valence-corrected chi connectivity index (χ4v) is 3.31. The minimum Gasteiger partial charge on any atom is -0.453 e. The molecule has 4 aromatic rings. The number of carbonyl (C=O) groups excluding carboxylic acids is 1. The fraction of sp³-hybridized carbons (Fsp3) is 0.148. The van der Waals surface area contributed by atoms with E-state index in [2.05, 4.69) is 10.1 Å². The van der Waals surface area contributed by atoms with Crippen LogP contribution in [0.1, 0.15) is 17.7 Å². The summed E-state index contributed by atoms with van der Waals surface area (Å²) >= 11 is 0. The van der Waals surface area contributed by atoms with Crippen LogP contribution in [0.15, 0.2) is 89.7 Å². The van der Waals surface area contributed by atoms with Crippen molar-refractivity contribution in [2.24, 2.45) is 0 Å². The van der Waals surface area contributed by atoms with Crippen molar-refractivity contribution in [1.29, 1.82) is 0 Å². The monoisotopic (exact) mass is 457 g/mol. The topological polar surface area (TPSA) is 68.5 Å². The summed E-state index contributed by atoms with van der Waals surface area (Å²) in [5.74, 6) is 0.631. The van der Waals surface area contributed by atoms with E-state index in [1.165, 1.54) is 24.4 Å². The number of hydrogen-bond acceptors (Lipinski definition) is 5. The summed E-state index contributed by atoms with van der Waals surface area (Å²) in [5, 5.41) is 4.11. The van der Waals surface area contributed by atoms with Crippen molar-refractivity contribution >= 4 is 12.0 Å². The normalized spacial score (nSPS) is 11.0. The predicted octanol–water partition coefficient (Wildman–Crippen LogP) is 5.77. The molecule has 0 bridgehead atoms. The van der Waals surface area contributed by atoms with Gasteiger partial charge >= 0.3 is 0 Å². The molecule has 2 heterocycles. The molecule has 172 valence electrons. The molecular weight excluding hydrogens is 433 g/mol. The standard InChI is InChI=1S/C27H24FN3O3/c1-31(16-6-10-22-18-25(30-34-22)21-7-3-2-4-8-21)27(32)14-12-20-11-13-26(24(28)17-20)33-23-9-5-15-29-19-23/h2-5,7-9,11-15,17-19H,6,10,16H2,1H3/b14-12+. The molecular formula is C27H24FN3O3. The second-order valence-electron chi connectivity index (χ2n) is 7.72. The number of nitrogens with zero attached hydrogens (tertiary/aromatic N) is 3. The molecule has 0 aliphatic carbocycles. The summed E-state index contributed by atoms with van der Waals surface area (Å²) in [6.45, 7) is 0.552. The van der Waals surface area contributed by atoms with E-state index in [0.717, 1.165) is 23.4 Å². The van der Waals surface area contributed by atoms with Gasteiger partial charge in [-0.25, -0.2) is 4.39 Å². The van der Waals surface area contributed by atoms with Gasteiger partial charge in [-0.05, 0) is 42.3 Å². The van der Waals surface area contributed by atoms with Crippen LogP contribution in [-0.4, -0.2) is 34.5 Å². The number of carbonyl (C=O) groups is 1. The van der Waals surface area contributed by atoms with E-state index < -0.39 is 5.82 Å². The minimum atomic E-state index is -0.520. The number of benzene rings is 2. The number of rotatable bonds is 9. The maximum Gasteiger partial charge on any atom is 0.246 e. The van der Waals surface area contributed by atoms with Crippen molar-refractivity contribution in [3.05, 3.63) is 102 Å². The van der Waals surface area contributed by atoms with E-state index in [1.807, 2.05) is 36.4 Å². The Hall–Kier alpha value is -4.26. The third kappa shape index (κ3) is 6.16. The molecule has 0 unspecified atom stereocenters. The van der Waals surface area contributed by atoms with Crippen molar-refractivity contribution < 1.29 is 18.4 Å². The summed E-state index contributed by atoms with van der Waals surface area (Å²) in [4.78, 5) is 18.0. The lowest BCUT2D eigenvalue weighted by Gasteiger charge is -2.14. The highest BCUT2D eigenvalue weighted by Gasteiger charge is 2.09. The highest BCUT2D eigenvalue weighted by molar-refractivity contribution is 5.91. The van der Waals surface area contributed by atoms with Gasteiger partial charge in [-0.15, -0.1) is 0 Å². The van der Waals surface area contributed by atoms with Gasteiger partial charge in [0.15, 0.2) is 11.6 Å². The van der Waals surface area contributed by atoms with Crippen molar-refractivity contribution in [3.8, 4) is 22.8 Å². The first kappa shape index (κ1) is 22.9. The Morgan fingerprint density at radius 2 is 1.97 bits per heavy atom. The maximum absolute atomic E-state index is 14.4. The molecule has 7 heteroatoms. The first-order chi connectivity index (χ1) is 16.6. The number of amides is 1. The van der Waals surface area contributed by atoms with Gasteiger partial charge in [0.25, 0.3) is 0 Å². The van der Waals surface area contributed by atoms with Gasteiger partial charge < -0.3 is 14.2 Å². The minimum absolute atomic E-state index is 0.0939. The van der Waals surface area contributed by atoms with Gasteiger partial charge in [0.05, 0.1) is 6.20 Å². The van der Waals surface area contributed by atoms with Crippen LogP contribution in [0.4, 0.5) is 4.39 Å². The van der Waals surface area contributed by atoms with E-state index in [-0.39, 0.29) is 11.7 Å². The zero-order chi connectivity index (χ0) is 23.8. The Bertz CT molecular complexity index is 1260. The predicted molar refractivity (Wildman–Crippen MR) is 128 cm³/mol. The molecule has 0 fully saturated rings. The van der Waals surface area contributed by atoms with E-state index in [9.17, 15) is 9.18 Å². The molecule has 4 rings (SSSR count). The summed E-state index contributed by atoms with van der Waals surface area (Å²) < 4.78 is 25.3. The number of aryl methyl sites for hydroxylation is 1. The molecule has 0 N–H and O–H groups in total. The summed E-state index contributed by atoms with van der Waals surface area (Å²) in [5.41, 5.74) is 2.36. The molecule has 1 amide bonds. The highest BCUT2D eigenvalue weighted by Crippen LogP contribution is 2.25. The Morgan fingerprint density at radius 3 is 2.74 bits per heavy atom. The molecule has 6 nitrogen and oxygen atoms in total. The number of pyridine rings is 1. The van der Waals surface area contributed by atoms with Crippen LogP contribution < -0.4 is 4.74 Å². The van der Waals surface area contributed by atoms with Crippen molar-refractivity contribution in [3.63, 3.8) is 0 Å². The Labute approximate surface area is 197 Å². The van der Waals surface area contributed by atoms with E-state index in [1.54, 1.807) is 42.4 Å². The molecule has 0 spiro atoms. The van der Waals surface area contributed by atoms with Crippen molar-refractivity contribution in [1.82, 2.24) is 15.0 Å². The fourth-order valence-electron chi connectivity index (χ4n) is 3.31. The zero-order valence-corrected chi connectivity index (χ0v) is 18.7. The SMILES string of the molecule is CN(CCCc1cc(-c2ccccc2)no1)C(=O)/C=C/c1ccc(Oc2cccnc2)c(F)c1. The van der Waals surface area contributed by atoms with Gasteiger partial charge in [0.2, 0.25) is 5.91 Å². The lowest BCUT2D eigenvalue weighted by Crippen LogP contribution is -2.26. The van der Waals surface area contributed by atoms with Crippen LogP contribution >= 0.6 is 0 Å². The van der Waals surface area contributed by atoms with Gasteiger partial charge in [0, 0.05) is 43.9 Å². The van der Waals surface area contributed by atoms with Crippen LogP contribution in [0, 0.1) is 5.82 Å². The molecule has 2 aromatic heterocycles. The Balaban J connectivity index is 1.26. The third-order valence-electron chi connectivity index (χ3n) is 5.16. The third-order valence-corrected chi connectivity index (χ3v) is 5.16. The molecule has 0 atom stereocenters. The van der Waals surface area contributed by atoms with Crippen molar-refractivity contribution in [2.45, 2.75) is 12.8 Å². The van der Waals surface area contributed by atoms with Crippen LogP contribution in [0.3, 0.4) is 0 Å². The van der Waals surface area contributed by atoms with Crippen LogP contribution in [0.5, 0.6) is 11.5 Å². The van der Waals surface area contributed by atoms with Crippen molar-refractivity contribution in [2.75, 3.05) is 13.6 Å². The smallest absolute Gasteiger partial charge is 0.246 e. The molecule has 0 radical (unpaired) electrons. The van der Waals surface area contributed by atoms with Crippen LogP contribution in [-0.2, 0) is 11.2 Å². The molecule has 2 aromatic carbocycles. The van der Waals surface area contributed by atoms with Crippen LogP contribution in [0.25, 0.3) is 17.3 Å². The second-order valence-corrected chi connectivity index (χ2v) is 7.72. The quantitative estimate of drug-likeness (QED) is 0.298. The lowest BCUT2D eigenvalue weighted by atomic mass is 10.1. The first-order valence-electron chi connectivity index (χ1n) is 10.9. The molecule has 0 aliphatic rings. The van der Waals surface area contributed by atoms with Crippen LogP contribution in [0.2, 0.25) is 0 Å². The van der Waals surface area contributed by atoms with E-state index in [0.29, 0.717) is 24.3 Å². The summed E-state index contributed by atoms with van der Waals surface area (Å²) in [6, 6.07) is 19.7. The molecule has 34 heavy (non-hydrogen) atoms. The van der Waals surface area contributed by atoms with Gasteiger partial charge in [-0.3, -0.25) is 9.78 Å². The number of ether oxygens (including phenoxy) is 1. The molecule has 0 saturated heterocycles. The lowest BCUT2D eigenvalue weighted by molar-refractivity contribution is -0.124. The number of hydrogen-bond donors (Lipinski definition) is 0. The second kappa shape index (κ2) is 11.0. The molecule has 0 aliphatic heterocycles. The molecule has 0 saturated carbocycles. The number of aromatic nitrogens is 2. The summed E-state index contributed by atoms with van der Waals surface area (Å²) in [6.07, 6.45) is 7.53. The zero-order valence-electron chi connectivity index (χ0n) is 18.7. The summed E-state index contributed by atoms with van der Waals surface area (Å²) in [7, 11) is 1.73. The average Bonchev–Trinajstić information content (AvgIpc) is 3.34. The maximum atomic E-state index is 14.4.